The second kappa shape index (κ2) is 4.57. The Bertz CT molecular complexity index is 130. The summed E-state index contributed by atoms with van der Waals surface area (Å²) in [5, 5.41) is 7.94. The molecule has 0 aromatic rings. The van der Waals surface area contributed by atoms with Crippen LogP contribution in [0, 0.1) is 0 Å². The van der Waals surface area contributed by atoms with E-state index >= 15 is 0 Å². The maximum atomic E-state index is 10.0. The highest BCUT2D eigenvalue weighted by molar-refractivity contribution is 5.68. The van der Waals surface area contributed by atoms with Crippen LogP contribution in [0.15, 0.2) is 0 Å². The second-order valence-corrected chi connectivity index (χ2v) is 1.19. The van der Waals surface area contributed by atoms with Gasteiger partial charge < -0.3 is 9.84 Å². The molecular formula is C4H6O6. The Morgan fingerprint density at radius 3 is 2.50 bits per heavy atom. The molecule has 0 amide bonds. The van der Waals surface area contributed by atoms with Crippen LogP contribution in [0.3, 0.4) is 0 Å². The molecule has 0 heterocycles. The first kappa shape index (κ1) is 8.70. The van der Waals surface area contributed by atoms with Crippen LogP contribution in [0.4, 0.5) is 4.79 Å². The number of rotatable bonds is 3. The molecule has 0 saturated heterocycles. The summed E-state index contributed by atoms with van der Waals surface area (Å²) in [5.41, 5.74) is 0. The van der Waals surface area contributed by atoms with Crippen LogP contribution in [0.5, 0.6) is 0 Å². The van der Waals surface area contributed by atoms with Crippen LogP contribution in [0.25, 0.3) is 0 Å². The molecule has 0 spiro atoms. The number of aliphatic carboxylic acids is 1. The van der Waals surface area contributed by atoms with Gasteiger partial charge in [0.2, 0.25) is 0 Å². The van der Waals surface area contributed by atoms with Crippen LogP contribution in [0.2, 0.25) is 0 Å². The molecule has 0 atom stereocenters. The lowest BCUT2D eigenvalue weighted by molar-refractivity contribution is -0.252. The fraction of sp³-hybridized carbons (Fsp3) is 0.500. The first-order valence-corrected chi connectivity index (χ1v) is 2.26. The standard InChI is InChI=1S/C4H6O6/c1-8-4(7)10-9-2-3(5)6/h2H2,1H3,(H,5,6). The molecule has 6 nitrogen and oxygen atoms in total. The van der Waals surface area contributed by atoms with Gasteiger partial charge >= 0.3 is 12.1 Å². The number of carboxylic acids is 1. The molecular weight excluding hydrogens is 144 g/mol. The third kappa shape index (κ3) is 4.85. The number of carbonyl (C=O) groups is 2. The molecule has 10 heavy (non-hydrogen) atoms. The molecule has 1 N–H and O–H groups in total. The first-order valence-electron chi connectivity index (χ1n) is 2.26. The molecule has 0 aromatic heterocycles. The quantitative estimate of drug-likeness (QED) is 0.340. The van der Waals surface area contributed by atoms with E-state index in [9.17, 15) is 9.59 Å². The van der Waals surface area contributed by atoms with Crippen LogP contribution in [-0.4, -0.2) is 30.9 Å². The molecule has 58 valence electrons. The monoisotopic (exact) mass is 150 g/mol. The summed E-state index contributed by atoms with van der Waals surface area (Å²) >= 11 is 0. The fourth-order valence-electron chi connectivity index (χ4n) is 0.162. The fourth-order valence-corrected chi connectivity index (χ4v) is 0.162. The Morgan fingerprint density at radius 2 is 2.10 bits per heavy atom. The van der Waals surface area contributed by atoms with Crippen molar-refractivity contribution < 1.29 is 29.2 Å². The van der Waals surface area contributed by atoms with Crippen LogP contribution >= 0.6 is 0 Å². The van der Waals surface area contributed by atoms with E-state index in [1.54, 1.807) is 0 Å². The Kier molecular flexibility index (Phi) is 3.97. The van der Waals surface area contributed by atoms with E-state index in [4.69, 9.17) is 5.11 Å². The summed E-state index contributed by atoms with van der Waals surface area (Å²) in [5.74, 6) is -1.23. The highest BCUT2D eigenvalue weighted by atomic mass is 17.2. The maximum absolute atomic E-state index is 10.0. The van der Waals surface area contributed by atoms with Crippen molar-refractivity contribution in [1.29, 1.82) is 0 Å². The molecule has 0 saturated carbocycles. The average molecular weight is 150 g/mol. The lowest BCUT2D eigenvalue weighted by Gasteiger charge is -1.97. The predicted molar refractivity (Wildman–Crippen MR) is 27.1 cm³/mol. The highest BCUT2D eigenvalue weighted by Crippen LogP contribution is 1.83. The summed E-state index contributed by atoms with van der Waals surface area (Å²) in [6.45, 7) is -0.699. The zero-order chi connectivity index (χ0) is 7.98. The lowest BCUT2D eigenvalue weighted by Crippen LogP contribution is -2.11. The molecule has 0 radical (unpaired) electrons. The van der Waals surface area contributed by atoms with Crippen molar-refractivity contribution in [1.82, 2.24) is 0 Å². The minimum absolute atomic E-state index is 0.699. The van der Waals surface area contributed by atoms with Gasteiger partial charge in [-0.05, 0) is 0 Å². The third-order valence-corrected chi connectivity index (χ3v) is 0.476. The van der Waals surface area contributed by atoms with Gasteiger partial charge in [0.15, 0.2) is 6.61 Å². The summed E-state index contributed by atoms with van der Waals surface area (Å²) in [4.78, 5) is 27.4. The van der Waals surface area contributed by atoms with Crippen LogP contribution in [0.1, 0.15) is 0 Å². The highest BCUT2D eigenvalue weighted by Gasteiger charge is 2.03. The van der Waals surface area contributed by atoms with Gasteiger partial charge in [0.1, 0.15) is 0 Å². The van der Waals surface area contributed by atoms with Crippen molar-refractivity contribution >= 4 is 12.1 Å². The normalized spacial score (nSPS) is 8.50. The van der Waals surface area contributed by atoms with Crippen LogP contribution in [-0.2, 0) is 19.3 Å². The van der Waals surface area contributed by atoms with Crippen molar-refractivity contribution in [3.05, 3.63) is 0 Å². The van der Waals surface area contributed by atoms with Gasteiger partial charge in [-0.2, -0.15) is 4.89 Å². The van der Waals surface area contributed by atoms with Gasteiger partial charge in [0.25, 0.3) is 0 Å². The first-order chi connectivity index (χ1) is 4.66. The number of methoxy groups -OCH3 is 1. The number of hydrogen-bond acceptors (Lipinski definition) is 5. The molecule has 0 aromatic carbocycles. The predicted octanol–water partition coefficient (Wildman–Crippen LogP) is -0.214. The third-order valence-electron chi connectivity index (χ3n) is 0.476. The summed E-state index contributed by atoms with van der Waals surface area (Å²) in [7, 11) is 1.08. The van der Waals surface area contributed by atoms with E-state index < -0.39 is 18.7 Å². The molecule has 6 heteroatoms. The smallest absolute Gasteiger partial charge is 0.479 e. The summed E-state index contributed by atoms with van der Waals surface area (Å²) in [6.07, 6.45) is -1.08. The van der Waals surface area contributed by atoms with Gasteiger partial charge in [0.05, 0.1) is 7.11 Å². The van der Waals surface area contributed by atoms with Crippen molar-refractivity contribution in [3.63, 3.8) is 0 Å². The maximum Gasteiger partial charge on any atom is 0.540 e. The van der Waals surface area contributed by atoms with Gasteiger partial charge in [-0.1, -0.05) is 0 Å². The minimum atomic E-state index is -1.23. The minimum Gasteiger partial charge on any atom is -0.479 e. The van der Waals surface area contributed by atoms with Gasteiger partial charge in [-0.25, -0.2) is 9.59 Å². The number of carbonyl (C=O) groups excluding carboxylic acids is 1. The Labute approximate surface area is 56.2 Å². The van der Waals surface area contributed by atoms with Crippen LogP contribution < -0.4 is 0 Å². The Morgan fingerprint density at radius 1 is 1.50 bits per heavy atom. The largest absolute Gasteiger partial charge is 0.540 e. The van der Waals surface area contributed by atoms with Crippen molar-refractivity contribution in [2.45, 2.75) is 0 Å². The zero-order valence-corrected chi connectivity index (χ0v) is 5.20. The van der Waals surface area contributed by atoms with E-state index in [1.165, 1.54) is 0 Å². The second-order valence-electron chi connectivity index (χ2n) is 1.19. The van der Waals surface area contributed by atoms with Gasteiger partial charge in [0, 0.05) is 0 Å². The molecule has 0 aliphatic rings. The van der Waals surface area contributed by atoms with Crippen molar-refractivity contribution in [2.24, 2.45) is 0 Å². The molecule has 0 fully saturated rings. The summed E-state index contributed by atoms with van der Waals surface area (Å²) < 4.78 is 3.95. The van der Waals surface area contributed by atoms with E-state index in [0.29, 0.717) is 0 Å². The van der Waals surface area contributed by atoms with E-state index in [1.807, 2.05) is 0 Å². The molecule has 0 bridgehead atoms. The Hall–Kier alpha value is -1.30. The molecule has 0 rings (SSSR count). The van der Waals surface area contributed by atoms with E-state index in [2.05, 4.69) is 14.5 Å². The van der Waals surface area contributed by atoms with Gasteiger partial charge in [-0.3, -0.25) is 4.89 Å². The van der Waals surface area contributed by atoms with Crippen molar-refractivity contribution in [3.8, 4) is 0 Å². The SMILES string of the molecule is COC(=O)OOCC(=O)O. The topological polar surface area (TPSA) is 82.1 Å². The number of ether oxygens (including phenoxy) is 1. The zero-order valence-electron chi connectivity index (χ0n) is 5.20. The van der Waals surface area contributed by atoms with Gasteiger partial charge in [-0.15, -0.1) is 0 Å². The molecule has 0 aliphatic heterocycles. The lowest BCUT2D eigenvalue weighted by atomic mass is 10.8. The Balaban J connectivity index is 3.20. The van der Waals surface area contributed by atoms with Crippen molar-refractivity contribution in [2.75, 3.05) is 13.7 Å². The van der Waals surface area contributed by atoms with E-state index in [-0.39, 0.29) is 0 Å². The summed E-state index contributed by atoms with van der Waals surface area (Å²) in [6, 6.07) is 0. The van der Waals surface area contributed by atoms with E-state index in [0.717, 1.165) is 7.11 Å². The average Bonchev–Trinajstić information content (AvgIpc) is 1.87. The molecule has 0 unspecified atom stereocenters. The number of carboxylic acid groups (broad SMARTS) is 1. The molecule has 0 aliphatic carbocycles. The number of hydrogen-bond donors (Lipinski definition) is 1.